The summed E-state index contributed by atoms with van der Waals surface area (Å²) in [7, 11) is 0. The first-order valence-electron chi connectivity index (χ1n) is 7.61. The van der Waals surface area contributed by atoms with Crippen LogP contribution in [0.4, 0.5) is 13.2 Å². The van der Waals surface area contributed by atoms with Crippen molar-refractivity contribution in [3.05, 3.63) is 71.0 Å². The third kappa shape index (κ3) is 4.37. The first-order valence-corrected chi connectivity index (χ1v) is 7.61. The Hall–Kier alpha value is -2.83. The number of halogens is 3. The summed E-state index contributed by atoms with van der Waals surface area (Å²) in [4.78, 5) is 24.7. The maximum Gasteiger partial charge on any atom is 0.255 e. The monoisotopic (exact) mass is 350 g/mol. The zero-order valence-electron chi connectivity index (χ0n) is 13.6. The third-order valence-corrected chi connectivity index (χ3v) is 3.38. The first kappa shape index (κ1) is 18.5. The number of hydrogen-bond donors (Lipinski definition) is 2. The van der Waals surface area contributed by atoms with Crippen LogP contribution in [0, 0.1) is 17.5 Å². The van der Waals surface area contributed by atoms with Gasteiger partial charge in [0.05, 0.1) is 5.56 Å². The van der Waals surface area contributed by atoms with Gasteiger partial charge in [-0.15, -0.1) is 0 Å². The molecule has 0 radical (unpaired) electrons. The van der Waals surface area contributed by atoms with Gasteiger partial charge in [0.1, 0.15) is 6.04 Å². The van der Waals surface area contributed by atoms with E-state index in [1.807, 2.05) is 0 Å². The van der Waals surface area contributed by atoms with Gasteiger partial charge in [-0.05, 0) is 31.5 Å². The van der Waals surface area contributed by atoms with E-state index in [1.165, 1.54) is 0 Å². The lowest BCUT2D eigenvalue weighted by atomic mass is 10.0. The van der Waals surface area contributed by atoms with E-state index in [4.69, 9.17) is 0 Å². The second-order valence-electron chi connectivity index (χ2n) is 5.70. The molecule has 1 atom stereocenters. The summed E-state index contributed by atoms with van der Waals surface area (Å²) in [6.45, 7) is 3.49. The maximum atomic E-state index is 13.8. The third-order valence-electron chi connectivity index (χ3n) is 3.38. The Kier molecular flexibility index (Phi) is 5.80. The second-order valence-corrected chi connectivity index (χ2v) is 5.70. The largest absolute Gasteiger partial charge is 0.352 e. The van der Waals surface area contributed by atoms with Crippen LogP contribution in [0.1, 0.15) is 35.8 Å². The molecule has 0 aliphatic carbocycles. The Morgan fingerprint density at radius 3 is 2.12 bits per heavy atom. The van der Waals surface area contributed by atoms with Gasteiger partial charge in [0.15, 0.2) is 17.5 Å². The number of amides is 2. The molecule has 0 saturated carbocycles. The fourth-order valence-corrected chi connectivity index (χ4v) is 2.22. The smallest absolute Gasteiger partial charge is 0.255 e. The predicted molar refractivity (Wildman–Crippen MR) is 86.2 cm³/mol. The van der Waals surface area contributed by atoms with Crippen LogP contribution in [0.15, 0.2) is 42.5 Å². The summed E-state index contributed by atoms with van der Waals surface area (Å²) in [5, 5.41) is 5.01. The molecule has 0 aliphatic heterocycles. The summed E-state index contributed by atoms with van der Waals surface area (Å²) in [6.07, 6.45) is 0. The molecule has 4 nitrogen and oxygen atoms in total. The molecule has 0 fully saturated rings. The molecule has 25 heavy (non-hydrogen) atoms. The van der Waals surface area contributed by atoms with Crippen LogP contribution >= 0.6 is 0 Å². The van der Waals surface area contributed by atoms with Crippen LogP contribution in [0.5, 0.6) is 0 Å². The normalized spacial score (nSPS) is 11.9. The Morgan fingerprint density at radius 1 is 0.880 bits per heavy atom. The quantitative estimate of drug-likeness (QED) is 0.814. The lowest BCUT2D eigenvalue weighted by Gasteiger charge is -2.20. The van der Waals surface area contributed by atoms with Crippen molar-refractivity contribution >= 4 is 11.8 Å². The van der Waals surface area contributed by atoms with Gasteiger partial charge in [0, 0.05) is 6.04 Å². The van der Waals surface area contributed by atoms with Gasteiger partial charge in [-0.1, -0.05) is 30.3 Å². The molecule has 2 aromatic rings. The van der Waals surface area contributed by atoms with Crippen LogP contribution in [-0.2, 0) is 4.79 Å². The van der Waals surface area contributed by atoms with Crippen LogP contribution in [-0.4, -0.2) is 17.9 Å². The molecule has 0 spiro atoms. The Labute approximate surface area is 143 Å². The summed E-state index contributed by atoms with van der Waals surface area (Å²) < 4.78 is 40.1. The first-order chi connectivity index (χ1) is 11.8. The van der Waals surface area contributed by atoms with Gasteiger partial charge in [-0.3, -0.25) is 9.59 Å². The molecule has 0 saturated heterocycles. The van der Waals surface area contributed by atoms with Gasteiger partial charge in [-0.25, -0.2) is 13.2 Å². The van der Waals surface area contributed by atoms with Crippen LogP contribution in [0.25, 0.3) is 0 Å². The van der Waals surface area contributed by atoms with E-state index in [2.05, 4.69) is 10.6 Å². The van der Waals surface area contributed by atoms with Crippen molar-refractivity contribution in [2.75, 3.05) is 0 Å². The van der Waals surface area contributed by atoms with Crippen molar-refractivity contribution in [1.82, 2.24) is 10.6 Å². The van der Waals surface area contributed by atoms with Gasteiger partial charge < -0.3 is 10.6 Å². The molecule has 0 aliphatic rings. The zero-order chi connectivity index (χ0) is 18.6. The summed E-state index contributed by atoms with van der Waals surface area (Å²) >= 11 is 0. The Balaban J connectivity index is 2.32. The highest BCUT2D eigenvalue weighted by Crippen LogP contribution is 2.18. The standard InChI is InChI=1S/C18H17F3N2O2/c1-10(2)22-18(25)16(11-6-4-3-5-7-11)23-17(24)12-8-9-13(19)15(21)14(12)20/h3-10,16H,1-2H3,(H,22,25)(H,23,24)/t16-/m0/s1. The van der Waals surface area contributed by atoms with Crippen molar-refractivity contribution in [1.29, 1.82) is 0 Å². The minimum atomic E-state index is -1.74. The summed E-state index contributed by atoms with van der Waals surface area (Å²) in [6, 6.07) is 8.51. The molecule has 0 unspecified atom stereocenters. The minimum absolute atomic E-state index is 0.185. The average molecular weight is 350 g/mol. The van der Waals surface area contributed by atoms with E-state index in [9.17, 15) is 22.8 Å². The van der Waals surface area contributed by atoms with Gasteiger partial charge in [0.2, 0.25) is 5.91 Å². The van der Waals surface area contributed by atoms with Crippen molar-refractivity contribution in [2.24, 2.45) is 0 Å². The lowest BCUT2D eigenvalue weighted by Crippen LogP contribution is -2.43. The topological polar surface area (TPSA) is 58.2 Å². The molecule has 7 heteroatoms. The van der Waals surface area contributed by atoms with Crippen LogP contribution in [0.2, 0.25) is 0 Å². The van der Waals surface area contributed by atoms with Gasteiger partial charge in [-0.2, -0.15) is 0 Å². The van der Waals surface area contributed by atoms with E-state index in [0.29, 0.717) is 11.6 Å². The molecule has 0 bridgehead atoms. The highest BCUT2D eigenvalue weighted by Gasteiger charge is 2.26. The molecule has 2 amide bonds. The summed E-state index contributed by atoms with van der Waals surface area (Å²) in [5.41, 5.74) is -0.214. The van der Waals surface area contributed by atoms with E-state index in [1.54, 1.807) is 44.2 Å². The van der Waals surface area contributed by atoms with Gasteiger partial charge in [0.25, 0.3) is 5.91 Å². The van der Waals surface area contributed by atoms with Crippen LogP contribution < -0.4 is 10.6 Å². The highest BCUT2D eigenvalue weighted by atomic mass is 19.2. The highest BCUT2D eigenvalue weighted by molar-refractivity contribution is 5.98. The fourth-order valence-electron chi connectivity index (χ4n) is 2.22. The number of rotatable bonds is 5. The molecule has 2 aromatic carbocycles. The summed E-state index contributed by atoms with van der Waals surface area (Å²) in [5.74, 6) is -6.27. The SMILES string of the molecule is CC(C)NC(=O)[C@@H](NC(=O)c1ccc(F)c(F)c1F)c1ccccc1. The number of carbonyl (C=O) groups is 2. The van der Waals surface area contributed by atoms with Crippen LogP contribution in [0.3, 0.4) is 0 Å². The van der Waals surface area contributed by atoms with Crippen molar-refractivity contribution in [3.63, 3.8) is 0 Å². The average Bonchev–Trinajstić information content (AvgIpc) is 2.57. The van der Waals surface area contributed by atoms with E-state index in [-0.39, 0.29) is 6.04 Å². The number of hydrogen-bond acceptors (Lipinski definition) is 2. The van der Waals surface area contributed by atoms with Crippen molar-refractivity contribution in [3.8, 4) is 0 Å². The second kappa shape index (κ2) is 7.83. The molecule has 2 rings (SSSR count). The van der Waals surface area contributed by atoms with E-state index in [0.717, 1.165) is 6.07 Å². The molecule has 0 heterocycles. The van der Waals surface area contributed by atoms with Crippen molar-refractivity contribution < 1.29 is 22.8 Å². The zero-order valence-corrected chi connectivity index (χ0v) is 13.6. The maximum absolute atomic E-state index is 13.8. The predicted octanol–water partition coefficient (Wildman–Crippen LogP) is 3.10. The van der Waals surface area contributed by atoms with E-state index >= 15 is 0 Å². The number of benzene rings is 2. The Bertz CT molecular complexity index is 779. The molecular weight excluding hydrogens is 333 g/mol. The molecule has 2 N–H and O–H groups in total. The lowest BCUT2D eigenvalue weighted by molar-refractivity contribution is -0.123. The number of nitrogens with one attached hydrogen (secondary N) is 2. The molecule has 132 valence electrons. The van der Waals surface area contributed by atoms with Crippen molar-refractivity contribution in [2.45, 2.75) is 25.9 Å². The minimum Gasteiger partial charge on any atom is -0.352 e. The van der Waals surface area contributed by atoms with Gasteiger partial charge >= 0.3 is 0 Å². The number of carbonyl (C=O) groups excluding carboxylic acids is 2. The fraction of sp³-hybridized carbons (Fsp3) is 0.222. The molecule has 0 aromatic heterocycles. The van der Waals surface area contributed by atoms with E-state index < -0.39 is 40.9 Å². The molecular formula is C18H17F3N2O2. The Morgan fingerprint density at radius 2 is 1.52 bits per heavy atom.